The van der Waals surface area contributed by atoms with Crippen molar-refractivity contribution >= 4 is 17.5 Å². The zero-order chi connectivity index (χ0) is 15.8. The lowest BCUT2D eigenvalue weighted by molar-refractivity contribution is -0.123. The first kappa shape index (κ1) is 16.3. The van der Waals surface area contributed by atoms with E-state index in [1.54, 1.807) is 24.3 Å². The maximum atomic E-state index is 11.7. The van der Waals surface area contributed by atoms with Gasteiger partial charge in [0.2, 0.25) is 0 Å². The number of nitrogens with one attached hydrogen (secondary N) is 1. The third-order valence-corrected chi connectivity index (χ3v) is 3.36. The molecule has 0 bridgehead atoms. The van der Waals surface area contributed by atoms with Gasteiger partial charge in [-0.3, -0.25) is 4.79 Å². The molecule has 0 saturated carbocycles. The second kappa shape index (κ2) is 8.41. The van der Waals surface area contributed by atoms with Crippen LogP contribution in [0.5, 0.6) is 5.75 Å². The molecule has 2 aromatic carbocycles. The Morgan fingerprint density at radius 3 is 2.55 bits per heavy atom. The molecular weight excluding hydrogens is 302 g/mol. The first-order valence-corrected chi connectivity index (χ1v) is 7.39. The van der Waals surface area contributed by atoms with Crippen molar-refractivity contribution < 1.29 is 14.6 Å². The summed E-state index contributed by atoms with van der Waals surface area (Å²) < 4.78 is 5.32. The first-order valence-electron chi connectivity index (χ1n) is 7.01. The molecule has 2 rings (SSSR count). The van der Waals surface area contributed by atoms with E-state index in [1.807, 2.05) is 30.3 Å². The van der Waals surface area contributed by atoms with Crippen LogP contribution >= 0.6 is 11.6 Å². The van der Waals surface area contributed by atoms with Crippen LogP contribution in [0.3, 0.4) is 0 Å². The number of para-hydroxylation sites is 1. The second-order valence-electron chi connectivity index (χ2n) is 4.87. The summed E-state index contributed by atoms with van der Waals surface area (Å²) in [4.78, 5) is 11.7. The van der Waals surface area contributed by atoms with Gasteiger partial charge in [0, 0.05) is 13.0 Å². The van der Waals surface area contributed by atoms with E-state index in [2.05, 4.69) is 5.32 Å². The van der Waals surface area contributed by atoms with Crippen molar-refractivity contribution in [1.82, 2.24) is 5.32 Å². The third-order valence-electron chi connectivity index (χ3n) is 3.04. The van der Waals surface area contributed by atoms with Crippen molar-refractivity contribution in [3.05, 3.63) is 65.2 Å². The summed E-state index contributed by atoms with van der Waals surface area (Å²) in [5.74, 6) is 0.163. The topological polar surface area (TPSA) is 58.6 Å². The van der Waals surface area contributed by atoms with E-state index in [0.717, 1.165) is 5.56 Å². The Bertz CT molecular complexity index is 604. The molecule has 0 fully saturated rings. The van der Waals surface area contributed by atoms with Gasteiger partial charge in [-0.1, -0.05) is 54.1 Å². The molecule has 4 nitrogen and oxygen atoms in total. The number of hydrogen-bond donors (Lipinski definition) is 2. The van der Waals surface area contributed by atoms with Crippen molar-refractivity contribution in [3.63, 3.8) is 0 Å². The van der Waals surface area contributed by atoms with Gasteiger partial charge in [-0.15, -0.1) is 0 Å². The maximum Gasteiger partial charge on any atom is 0.258 e. The van der Waals surface area contributed by atoms with Gasteiger partial charge in [-0.25, -0.2) is 0 Å². The van der Waals surface area contributed by atoms with Crippen molar-refractivity contribution in [1.29, 1.82) is 0 Å². The fourth-order valence-corrected chi connectivity index (χ4v) is 2.14. The molecule has 1 atom stereocenters. The van der Waals surface area contributed by atoms with Crippen LogP contribution < -0.4 is 10.1 Å². The van der Waals surface area contributed by atoms with Crippen molar-refractivity contribution in [3.8, 4) is 5.75 Å². The molecule has 116 valence electrons. The summed E-state index contributed by atoms with van der Waals surface area (Å²) in [6.07, 6.45) is -0.140. The maximum absolute atomic E-state index is 11.7. The largest absolute Gasteiger partial charge is 0.482 e. The summed E-state index contributed by atoms with van der Waals surface area (Å²) in [6.45, 7) is 0.0431. The molecule has 2 aromatic rings. The first-order chi connectivity index (χ1) is 10.6. The summed E-state index contributed by atoms with van der Waals surface area (Å²) >= 11 is 5.93. The van der Waals surface area contributed by atoms with Gasteiger partial charge in [0.1, 0.15) is 5.75 Å². The average Bonchev–Trinajstić information content (AvgIpc) is 2.53. The predicted octanol–water partition coefficient (Wildman–Crippen LogP) is 2.44. The Kier molecular flexibility index (Phi) is 6.25. The van der Waals surface area contributed by atoms with Gasteiger partial charge in [-0.05, 0) is 17.7 Å². The number of amides is 1. The summed E-state index contributed by atoms with van der Waals surface area (Å²) in [6, 6.07) is 16.6. The molecular formula is C17H18ClNO3. The Hall–Kier alpha value is -2.04. The van der Waals surface area contributed by atoms with Crippen LogP contribution in [0.15, 0.2) is 54.6 Å². The normalized spacial score (nSPS) is 11.7. The van der Waals surface area contributed by atoms with Crippen molar-refractivity contribution in [2.24, 2.45) is 0 Å². The van der Waals surface area contributed by atoms with Gasteiger partial charge in [0.05, 0.1) is 11.1 Å². The van der Waals surface area contributed by atoms with E-state index in [4.69, 9.17) is 16.3 Å². The lowest BCUT2D eigenvalue weighted by Crippen LogP contribution is -2.36. The fourth-order valence-electron chi connectivity index (χ4n) is 1.95. The lowest BCUT2D eigenvalue weighted by Gasteiger charge is -2.12. The highest BCUT2D eigenvalue weighted by atomic mass is 35.5. The number of halogens is 1. The minimum Gasteiger partial charge on any atom is -0.482 e. The molecule has 0 radical (unpaired) electrons. The second-order valence-corrected chi connectivity index (χ2v) is 5.27. The van der Waals surface area contributed by atoms with Gasteiger partial charge in [-0.2, -0.15) is 0 Å². The monoisotopic (exact) mass is 319 g/mol. The van der Waals surface area contributed by atoms with Crippen LogP contribution in [0.1, 0.15) is 5.56 Å². The van der Waals surface area contributed by atoms with Crippen LogP contribution in [-0.4, -0.2) is 30.3 Å². The summed E-state index contributed by atoms with van der Waals surface area (Å²) in [5.41, 5.74) is 1.02. The highest BCUT2D eigenvalue weighted by Crippen LogP contribution is 2.22. The van der Waals surface area contributed by atoms with Crippen LogP contribution in [0.4, 0.5) is 0 Å². The number of aliphatic hydroxyl groups excluding tert-OH is 1. The van der Waals surface area contributed by atoms with E-state index in [-0.39, 0.29) is 19.1 Å². The van der Waals surface area contributed by atoms with E-state index < -0.39 is 6.10 Å². The molecule has 0 aliphatic carbocycles. The van der Waals surface area contributed by atoms with E-state index >= 15 is 0 Å². The molecule has 0 spiro atoms. The number of benzene rings is 2. The zero-order valence-corrected chi connectivity index (χ0v) is 12.8. The van der Waals surface area contributed by atoms with Crippen molar-refractivity contribution in [2.75, 3.05) is 13.2 Å². The van der Waals surface area contributed by atoms with Crippen LogP contribution in [0.25, 0.3) is 0 Å². The van der Waals surface area contributed by atoms with Crippen LogP contribution in [-0.2, 0) is 11.2 Å². The molecule has 2 N–H and O–H groups in total. The van der Waals surface area contributed by atoms with Gasteiger partial charge < -0.3 is 15.2 Å². The molecule has 5 heteroatoms. The molecule has 1 unspecified atom stereocenters. The van der Waals surface area contributed by atoms with E-state index in [1.165, 1.54) is 0 Å². The standard InChI is InChI=1S/C17H18ClNO3/c18-15-8-4-5-9-16(15)22-12-17(21)19-11-14(20)10-13-6-2-1-3-7-13/h1-9,14,20H,10-12H2,(H,19,21). The SMILES string of the molecule is O=C(COc1ccccc1Cl)NCC(O)Cc1ccccc1. The molecule has 1 amide bonds. The number of ether oxygens (including phenoxy) is 1. The molecule has 0 saturated heterocycles. The van der Waals surface area contributed by atoms with E-state index in [9.17, 15) is 9.90 Å². The Morgan fingerprint density at radius 2 is 1.82 bits per heavy atom. The third kappa shape index (κ3) is 5.39. The van der Waals surface area contributed by atoms with E-state index in [0.29, 0.717) is 17.2 Å². The molecule has 0 aromatic heterocycles. The minimum absolute atomic E-state index is 0.137. The number of rotatable bonds is 7. The fraction of sp³-hybridized carbons (Fsp3) is 0.235. The number of hydrogen-bond acceptors (Lipinski definition) is 3. The van der Waals surface area contributed by atoms with Gasteiger partial charge >= 0.3 is 0 Å². The molecule has 0 aliphatic rings. The molecule has 22 heavy (non-hydrogen) atoms. The number of aliphatic hydroxyl groups is 1. The smallest absolute Gasteiger partial charge is 0.258 e. The minimum atomic E-state index is -0.633. The zero-order valence-electron chi connectivity index (χ0n) is 12.0. The molecule has 0 aliphatic heterocycles. The molecule has 0 heterocycles. The van der Waals surface area contributed by atoms with Crippen LogP contribution in [0.2, 0.25) is 5.02 Å². The highest BCUT2D eigenvalue weighted by molar-refractivity contribution is 6.32. The predicted molar refractivity (Wildman–Crippen MR) is 86.1 cm³/mol. The number of carbonyl (C=O) groups is 1. The quantitative estimate of drug-likeness (QED) is 0.824. The highest BCUT2D eigenvalue weighted by Gasteiger charge is 2.09. The van der Waals surface area contributed by atoms with Gasteiger partial charge in [0.25, 0.3) is 5.91 Å². The van der Waals surface area contributed by atoms with Crippen LogP contribution in [0, 0.1) is 0 Å². The Balaban J connectivity index is 1.70. The Morgan fingerprint density at radius 1 is 1.14 bits per heavy atom. The van der Waals surface area contributed by atoms with Gasteiger partial charge in [0.15, 0.2) is 6.61 Å². The van der Waals surface area contributed by atoms with Crippen molar-refractivity contribution in [2.45, 2.75) is 12.5 Å². The lowest BCUT2D eigenvalue weighted by atomic mass is 10.1. The summed E-state index contributed by atoms with van der Waals surface area (Å²) in [5, 5.41) is 13.0. The Labute approximate surface area is 134 Å². The summed E-state index contributed by atoms with van der Waals surface area (Å²) in [7, 11) is 0. The number of carbonyl (C=O) groups excluding carboxylic acids is 1. The average molecular weight is 320 g/mol.